The summed E-state index contributed by atoms with van der Waals surface area (Å²) in [6.45, 7) is 1.51. The van der Waals surface area contributed by atoms with E-state index in [4.69, 9.17) is 39.0 Å². The first-order chi connectivity index (χ1) is 8.66. The molecular formula is C13H16ClNO2S. The van der Waals surface area contributed by atoms with Crippen molar-refractivity contribution in [3.8, 4) is 5.75 Å². The van der Waals surface area contributed by atoms with Crippen LogP contribution in [-0.2, 0) is 4.74 Å². The number of thiocarbonyl (C=S) groups is 1. The molecule has 1 atom stereocenters. The largest absolute Gasteiger partial charge is 0.493 e. The quantitative estimate of drug-likeness (QED) is 0.845. The highest BCUT2D eigenvalue weighted by atomic mass is 35.5. The van der Waals surface area contributed by atoms with Gasteiger partial charge in [0, 0.05) is 18.6 Å². The summed E-state index contributed by atoms with van der Waals surface area (Å²) in [5, 5.41) is 0.525. The lowest BCUT2D eigenvalue weighted by Crippen LogP contribution is -2.12. The Hall–Kier alpha value is -0.840. The molecule has 2 N–H and O–H groups in total. The number of ether oxygens (including phenoxy) is 2. The first-order valence-electron chi connectivity index (χ1n) is 6.00. The van der Waals surface area contributed by atoms with Crippen LogP contribution in [0.2, 0.25) is 5.02 Å². The summed E-state index contributed by atoms with van der Waals surface area (Å²) in [4.78, 5) is 0.297. The van der Waals surface area contributed by atoms with Crippen molar-refractivity contribution in [2.75, 3.05) is 13.2 Å². The van der Waals surface area contributed by atoms with Crippen molar-refractivity contribution in [2.24, 2.45) is 5.73 Å². The molecule has 3 nitrogen and oxygen atoms in total. The molecule has 5 heteroatoms. The van der Waals surface area contributed by atoms with E-state index in [0.29, 0.717) is 28.3 Å². The fourth-order valence-corrected chi connectivity index (χ4v) is 2.47. The lowest BCUT2D eigenvalue weighted by atomic mass is 10.2. The fourth-order valence-electron chi connectivity index (χ4n) is 1.97. The van der Waals surface area contributed by atoms with E-state index in [1.165, 1.54) is 0 Å². The van der Waals surface area contributed by atoms with Gasteiger partial charge in [-0.1, -0.05) is 23.8 Å². The third-order valence-electron chi connectivity index (χ3n) is 2.94. The highest BCUT2D eigenvalue weighted by molar-refractivity contribution is 7.80. The van der Waals surface area contributed by atoms with Crippen molar-refractivity contribution in [1.29, 1.82) is 0 Å². The first kappa shape index (κ1) is 13.6. The van der Waals surface area contributed by atoms with Crippen molar-refractivity contribution in [3.63, 3.8) is 0 Å². The molecule has 1 saturated heterocycles. The van der Waals surface area contributed by atoms with Crippen LogP contribution in [0, 0.1) is 0 Å². The topological polar surface area (TPSA) is 44.5 Å². The maximum atomic E-state index is 6.06. The Balaban J connectivity index is 1.85. The van der Waals surface area contributed by atoms with Crippen LogP contribution in [0.4, 0.5) is 0 Å². The van der Waals surface area contributed by atoms with E-state index in [2.05, 4.69) is 0 Å². The molecule has 1 aromatic carbocycles. The minimum absolute atomic E-state index is 0.297. The summed E-state index contributed by atoms with van der Waals surface area (Å²) in [5.41, 5.74) is 6.22. The predicted octanol–water partition coefficient (Wildman–Crippen LogP) is 2.92. The van der Waals surface area contributed by atoms with E-state index in [1.807, 2.05) is 6.07 Å². The molecule has 18 heavy (non-hydrogen) atoms. The van der Waals surface area contributed by atoms with Crippen molar-refractivity contribution < 1.29 is 9.47 Å². The smallest absolute Gasteiger partial charge is 0.120 e. The van der Waals surface area contributed by atoms with Crippen LogP contribution in [0.3, 0.4) is 0 Å². The maximum absolute atomic E-state index is 6.06. The fraction of sp³-hybridized carbons (Fsp3) is 0.462. The molecule has 0 radical (unpaired) electrons. The van der Waals surface area contributed by atoms with Gasteiger partial charge in [-0.3, -0.25) is 0 Å². The van der Waals surface area contributed by atoms with Gasteiger partial charge >= 0.3 is 0 Å². The Bertz CT molecular complexity index is 433. The summed E-state index contributed by atoms with van der Waals surface area (Å²) in [7, 11) is 0. The molecule has 1 aliphatic heterocycles. The number of benzene rings is 1. The van der Waals surface area contributed by atoms with Gasteiger partial charge in [0.25, 0.3) is 0 Å². The second-order valence-electron chi connectivity index (χ2n) is 4.28. The molecule has 0 aromatic heterocycles. The molecule has 0 aliphatic carbocycles. The number of hydrogen-bond donors (Lipinski definition) is 1. The zero-order valence-corrected chi connectivity index (χ0v) is 11.6. The normalized spacial score (nSPS) is 18.8. The second-order valence-corrected chi connectivity index (χ2v) is 5.13. The van der Waals surface area contributed by atoms with Crippen LogP contribution in [0.25, 0.3) is 0 Å². The van der Waals surface area contributed by atoms with Gasteiger partial charge in [0.1, 0.15) is 10.7 Å². The lowest BCUT2D eigenvalue weighted by molar-refractivity contribution is 0.0903. The molecule has 0 bridgehead atoms. The zero-order valence-electron chi connectivity index (χ0n) is 10.0. The molecule has 1 aliphatic rings. The molecule has 98 valence electrons. The highest BCUT2D eigenvalue weighted by Gasteiger charge is 2.15. The van der Waals surface area contributed by atoms with Gasteiger partial charge in [-0.15, -0.1) is 0 Å². The Morgan fingerprint density at radius 2 is 2.39 bits per heavy atom. The molecule has 0 amide bonds. The van der Waals surface area contributed by atoms with Gasteiger partial charge in [0.05, 0.1) is 17.7 Å². The van der Waals surface area contributed by atoms with E-state index in [9.17, 15) is 0 Å². The van der Waals surface area contributed by atoms with Crippen LogP contribution >= 0.6 is 23.8 Å². The van der Waals surface area contributed by atoms with Gasteiger partial charge in [0.15, 0.2) is 0 Å². The van der Waals surface area contributed by atoms with Crippen LogP contribution in [0.1, 0.15) is 24.8 Å². The second kappa shape index (κ2) is 6.36. The van der Waals surface area contributed by atoms with Crippen molar-refractivity contribution in [1.82, 2.24) is 0 Å². The zero-order chi connectivity index (χ0) is 13.0. The number of rotatable bonds is 5. The van der Waals surface area contributed by atoms with Crippen LogP contribution in [0.5, 0.6) is 5.75 Å². The third kappa shape index (κ3) is 3.57. The van der Waals surface area contributed by atoms with E-state index in [-0.39, 0.29) is 0 Å². The molecule has 0 saturated carbocycles. The van der Waals surface area contributed by atoms with Crippen molar-refractivity contribution in [3.05, 3.63) is 28.8 Å². The third-order valence-corrected chi connectivity index (χ3v) is 3.47. The summed E-state index contributed by atoms with van der Waals surface area (Å²) < 4.78 is 11.2. The Morgan fingerprint density at radius 1 is 1.56 bits per heavy atom. The van der Waals surface area contributed by atoms with Gasteiger partial charge in [-0.05, 0) is 31.0 Å². The number of nitrogens with two attached hydrogens (primary N) is 1. The van der Waals surface area contributed by atoms with Gasteiger partial charge in [0.2, 0.25) is 0 Å². The molecule has 1 fully saturated rings. The number of hydrogen-bond acceptors (Lipinski definition) is 3. The summed E-state index contributed by atoms with van der Waals surface area (Å²) in [6, 6.07) is 5.35. The Morgan fingerprint density at radius 3 is 3.00 bits per heavy atom. The Labute approximate surface area is 117 Å². The van der Waals surface area contributed by atoms with Crippen LogP contribution in [0.15, 0.2) is 18.2 Å². The average molecular weight is 286 g/mol. The summed E-state index contributed by atoms with van der Waals surface area (Å²) in [6.07, 6.45) is 3.54. The summed E-state index contributed by atoms with van der Waals surface area (Å²) in [5.74, 6) is 0.734. The van der Waals surface area contributed by atoms with Gasteiger partial charge < -0.3 is 15.2 Å². The monoisotopic (exact) mass is 285 g/mol. The van der Waals surface area contributed by atoms with Gasteiger partial charge in [-0.2, -0.15) is 0 Å². The van der Waals surface area contributed by atoms with E-state index in [0.717, 1.165) is 31.6 Å². The minimum Gasteiger partial charge on any atom is -0.493 e. The minimum atomic E-state index is 0.297. The molecule has 2 rings (SSSR count). The Kier molecular flexibility index (Phi) is 4.80. The molecule has 1 unspecified atom stereocenters. The van der Waals surface area contributed by atoms with E-state index < -0.39 is 0 Å². The summed E-state index contributed by atoms with van der Waals surface area (Å²) >= 11 is 10.9. The standard InChI is InChI=1S/C13H16ClNO2S/c14-12-8-10(3-4-11(12)13(15)18)17-7-5-9-2-1-6-16-9/h3-4,8-9H,1-2,5-7H2,(H2,15,18). The maximum Gasteiger partial charge on any atom is 0.120 e. The molecular weight excluding hydrogens is 270 g/mol. The van der Waals surface area contributed by atoms with Crippen LogP contribution in [-0.4, -0.2) is 24.3 Å². The molecule has 0 spiro atoms. The first-order valence-corrected chi connectivity index (χ1v) is 6.79. The van der Waals surface area contributed by atoms with Crippen molar-refractivity contribution in [2.45, 2.75) is 25.4 Å². The van der Waals surface area contributed by atoms with E-state index in [1.54, 1.807) is 12.1 Å². The van der Waals surface area contributed by atoms with Gasteiger partial charge in [-0.25, -0.2) is 0 Å². The highest BCUT2D eigenvalue weighted by Crippen LogP contribution is 2.23. The average Bonchev–Trinajstić information content (AvgIpc) is 2.81. The lowest BCUT2D eigenvalue weighted by Gasteiger charge is -2.11. The predicted molar refractivity (Wildman–Crippen MR) is 76.4 cm³/mol. The van der Waals surface area contributed by atoms with Crippen LogP contribution < -0.4 is 10.5 Å². The molecule has 1 aromatic rings. The number of halogens is 1. The van der Waals surface area contributed by atoms with Crippen molar-refractivity contribution >= 4 is 28.8 Å². The SMILES string of the molecule is NC(=S)c1ccc(OCCC2CCCO2)cc1Cl. The van der Waals surface area contributed by atoms with E-state index >= 15 is 0 Å². The molecule has 1 heterocycles.